The summed E-state index contributed by atoms with van der Waals surface area (Å²) in [4.78, 5) is 3.58. The molecule has 4 heteroatoms. The lowest BCUT2D eigenvalue weighted by atomic mass is 10.1. The minimum Gasteiger partial charge on any atom is -0.378 e. The smallest absolute Gasteiger partial charge is 0.179 e. The molecule has 0 fully saturated rings. The van der Waals surface area contributed by atoms with Gasteiger partial charge >= 0.3 is 0 Å². The van der Waals surface area contributed by atoms with Gasteiger partial charge in [0.15, 0.2) is 17.9 Å². The predicted molar refractivity (Wildman–Crippen MR) is 96.7 cm³/mol. The van der Waals surface area contributed by atoms with Crippen LogP contribution in [0.5, 0.6) is 0 Å². The van der Waals surface area contributed by atoms with E-state index in [0.717, 1.165) is 13.2 Å². The van der Waals surface area contributed by atoms with Gasteiger partial charge in [-0.2, -0.15) is 4.57 Å². The number of para-hydroxylation sites is 1. The minimum absolute atomic E-state index is 0.737. The van der Waals surface area contributed by atoms with Gasteiger partial charge in [0.05, 0.1) is 10.7 Å². The van der Waals surface area contributed by atoms with Crippen LogP contribution in [-0.4, -0.2) is 20.8 Å². The molecule has 0 saturated carbocycles. The predicted octanol–water partition coefficient (Wildman–Crippen LogP) is 3.78. The number of fused-ring (bicyclic) bond motifs is 1. The van der Waals surface area contributed by atoms with Gasteiger partial charge in [-0.3, -0.25) is 0 Å². The fraction of sp³-hybridized carbons (Fsp3) is 0.316. The lowest BCUT2D eigenvalue weighted by Crippen LogP contribution is -2.42. The molecule has 0 bridgehead atoms. The van der Waals surface area contributed by atoms with Crippen molar-refractivity contribution in [3.63, 3.8) is 0 Å². The number of methoxy groups -OCH3 is 1. The lowest BCUT2D eigenvalue weighted by molar-refractivity contribution is -0.709. The highest BCUT2D eigenvalue weighted by Crippen LogP contribution is 2.45. The van der Waals surface area contributed by atoms with Gasteiger partial charge in [0.25, 0.3) is 0 Å². The molecule has 0 atom stereocenters. The largest absolute Gasteiger partial charge is 0.378 e. The van der Waals surface area contributed by atoms with Crippen LogP contribution in [0.1, 0.15) is 17.0 Å². The zero-order valence-electron chi connectivity index (χ0n) is 14.2. The number of hydrogen-bond acceptors (Lipinski definition) is 3. The zero-order valence-corrected chi connectivity index (χ0v) is 15.0. The van der Waals surface area contributed by atoms with Gasteiger partial charge in [-0.15, -0.1) is 0 Å². The van der Waals surface area contributed by atoms with E-state index in [1.165, 1.54) is 32.6 Å². The Bertz CT molecular complexity index is 732. The van der Waals surface area contributed by atoms with Crippen LogP contribution in [0.15, 0.2) is 46.3 Å². The molecule has 0 N–H and O–H groups in total. The van der Waals surface area contributed by atoms with Crippen molar-refractivity contribution in [2.24, 2.45) is 0 Å². The standard InChI is InChI=1S/C19H23N2OS/c1-14-11-16(12-15(2)21(14)9-10-22-4)13-19-20(3)17-7-5-6-8-18(17)23-19/h5-8,11-13H,9-10H2,1-4H3/q+1. The van der Waals surface area contributed by atoms with Gasteiger partial charge in [0.2, 0.25) is 0 Å². The second kappa shape index (κ2) is 6.77. The monoisotopic (exact) mass is 327 g/mol. The molecule has 1 aromatic heterocycles. The molecule has 0 radical (unpaired) electrons. The molecule has 3 nitrogen and oxygen atoms in total. The van der Waals surface area contributed by atoms with Crippen molar-refractivity contribution in [2.45, 2.75) is 25.3 Å². The van der Waals surface area contributed by atoms with Crippen LogP contribution < -0.4 is 9.47 Å². The fourth-order valence-electron chi connectivity index (χ4n) is 2.97. The molecular weight excluding hydrogens is 304 g/mol. The Morgan fingerprint density at radius 3 is 2.52 bits per heavy atom. The van der Waals surface area contributed by atoms with Crippen molar-refractivity contribution in [3.05, 3.63) is 58.4 Å². The summed E-state index contributed by atoms with van der Waals surface area (Å²) in [6, 6.07) is 13.0. The average Bonchev–Trinajstić information content (AvgIpc) is 2.83. The quantitative estimate of drug-likeness (QED) is 0.795. The maximum absolute atomic E-state index is 5.20. The first-order chi connectivity index (χ1) is 11.1. The van der Waals surface area contributed by atoms with E-state index in [4.69, 9.17) is 4.74 Å². The molecule has 2 heterocycles. The van der Waals surface area contributed by atoms with Crippen molar-refractivity contribution < 1.29 is 9.30 Å². The first-order valence-corrected chi connectivity index (χ1v) is 8.64. The van der Waals surface area contributed by atoms with E-state index in [9.17, 15) is 0 Å². The van der Waals surface area contributed by atoms with Gasteiger partial charge in [-0.25, -0.2) is 0 Å². The maximum atomic E-state index is 5.20. The Morgan fingerprint density at radius 2 is 1.87 bits per heavy atom. The normalized spacial score (nSPS) is 15.3. The Kier molecular flexibility index (Phi) is 4.74. The topological polar surface area (TPSA) is 16.4 Å². The number of benzene rings is 1. The highest BCUT2D eigenvalue weighted by atomic mass is 32.2. The SMILES string of the molecule is COCC[n+]1c(C)cc(/C=C2\Sc3ccccc3N2C)cc1C. The third kappa shape index (κ3) is 3.28. The van der Waals surface area contributed by atoms with E-state index < -0.39 is 0 Å². The van der Waals surface area contributed by atoms with Gasteiger partial charge < -0.3 is 9.64 Å². The molecule has 1 aliphatic heterocycles. The summed E-state index contributed by atoms with van der Waals surface area (Å²) in [6.07, 6.45) is 2.27. The molecule has 3 rings (SSSR count). The number of anilines is 1. The van der Waals surface area contributed by atoms with Crippen molar-refractivity contribution in [2.75, 3.05) is 25.7 Å². The number of pyridine rings is 1. The van der Waals surface area contributed by atoms with E-state index in [0.29, 0.717) is 0 Å². The van der Waals surface area contributed by atoms with Gasteiger partial charge in [0.1, 0.15) is 6.61 Å². The van der Waals surface area contributed by atoms with Crippen LogP contribution in [-0.2, 0) is 11.3 Å². The van der Waals surface area contributed by atoms with Crippen LogP contribution in [0, 0.1) is 13.8 Å². The summed E-state index contributed by atoms with van der Waals surface area (Å²) in [5, 5.41) is 1.26. The average molecular weight is 327 g/mol. The molecule has 0 aliphatic carbocycles. The molecule has 1 aromatic carbocycles. The number of aryl methyl sites for hydroxylation is 2. The number of rotatable bonds is 4. The van der Waals surface area contributed by atoms with Crippen molar-refractivity contribution in [1.82, 2.24) is 0 Å². The summed E-state index contributed by atoms with van der Waals surface area (Å²) in [6.45, 7) is 5.95. The van der Waals surface area contributed by atoms with E-state index in [-0.39, 0.29) is 0 Å². The number of hydrogen-bond donors (Lipinski definition) is 0. The molecule has 120 valence electrons. The van der Waals surface area contributed by atoms with Crippen LogP contribution in [0.3, 0.4) is 0 Å². The van der Waals surface area contributed by atoms with E-state index >= 15 is 0 Å². The van der Waals surface area contributed by atoms with Crippen LogP contribution in [0.25, 0.3) is 6.08 Å². The van der Waals surface area contributed by atoms with Gasteiger partial charge in [-0.1, -0.05) is 23.9 Å². The van der Waals surface area contributed by atoms with Crippen molar-refractivity contribution in [1.29, 1.82) is 0 Å². The Morgan fingerprint density at radius 1 is 1.17 bits per heavy atom. The third-order valence-electron chi connectivity index (χ3n) is 4.18. The summed E-state index contributed by atoms with van der Waals surface area (Å²) in [5.41, 5.74) is 5.05. The van der Waals surface area contributed by atoms with Crippen molar-refractivity contribution >= 4 is 23.5 Å². The fourth-order valence-corrected chi connectivity index (χ4v) is 4.08. The summed E-state index contributed by atoms with van der Waals surface area (Å²) >= 11 is 1.83. The first kappa shape index (κ1) is 16.1. The van der Waals surface area contributed by atoms with E-state index in [1.807, 2.05) is 11.8 Å². The summed E-state index contributed by atoms with van der Waals surface area (Å²) in [7, 11) is 3.88. The Balaban J connectivity index is 1.89. The van der Waals surface area contributed by atoms with Crippen molar-refractivity contribution in [3.8, 4) is 0 Å². The number of ether oxygens (including phenoxy) is 1. The first-order valence-electron chi connectivity index (χ1n) is 7.82. The third-order valence-corrected chi connectivity index (χ3v) is 5.35. The maximum Gasteiger partial charge on any atom is 0.179 e. The van der Waals surface area contributed by atoms with Crippen LogP contribution in [0.4, 0.5) is 5.69 Å². The molecule has 0 saturated heterocycles. The number of nitrogens with zero attached hydrogens (tertiary/aromatic N) is 2. The molecule has 0 unspecified atom stereocenters. The summed E-state index contributed by atoms with van der Waals surface area (Å²) < 4.78 is 7.50. The molecule has 23 heavy (non-hydrogen) atoms. The van der Waals surface area contributed by atoms with Crippen LogP contribution in [0.2, 0.25) is 0 Å². The molecule has 2 aromatic rings. The number of thioether (sulfide) groups is 1. The number of aromatic nitrogens is 1. The molecular formula is C19H23N2OS+. The van der Waals surface area contributed by atoms with Gasteiger partial charge in [0, 0.05) is 45.0 Å². The second-order valence-corrected chi connectivity index (χ2v) is 6.89. The van der Waals surface area contributed by atoms with E-state index in [2.05, 4.69) is 72.8 Å². The lowest BCUT2D eigenvalue weighted by Gasteiger charge is -2.13. The Labute approximate surface area is 142 Å². The molecule has 1 aliphatic rings. The minimum atomic E-state index is 0.737. The zero-order chi connectivity index (χ0) is 16.4. The van der Waals surface area contributed by atoms with Gasteiger partial charge in [-0.05, 0) is 23.8 Å². The highest BCUT2D eigenvalue weighted by Gasteiger charge is 2.21. The van der Waals surface area contributed by atoms with Crippen LogP contribution >= 0.6 is 11.8 Å². The summed E-state index contributed by atoms with van der Waals surface area (Å²) in [5.74, 6) is 0. The van der Waals surface area contributed by atoms with E-state index in [1.54, 1.807) is 7.11 Å². The molecule has 0 spiro atoms. The second-order valence-electron chi connectivity index (χ2n) is 5.83. The highest BCUT2D eigenvalue weighted by molar-refractivity contribution is 8.03. The molecule has 0 amide bonds. The Hall–Kier alpha value is -1.78.